The van der Waals surface area contributed by atoms with E-state index in [-0.39, 0.29) is 23.7 Å². The van der Waals surface area contributed by atoms with Gasteiger partial charge in [-0.1, -0.05) is 12.8 Å². The predicted octanol–water partition coefficient (Wildman–Crippen LogP) is -0.304. The molecule has 2 aliphatic heterocycles. The first-order valence-electron chi connectivity index (χ1n) is 7.90. The summed E-state index contributed by atoms with van der Waals surface area (Å²) in [6.45, 7) is 2.25. The molecule has 0 spiro atoms. The smallest absolute Gasteiger partial charge is 0.234 e. The van der Waals surface area contributed by atoms with Crippen LogP contribution in [-0.4, -0.2) is 73.4 Å². The second kappa shape index (κ2) is 5.90. The lowest BCUT2D eigenvalue weighted by atomic mass is 9.81. The number of amides is 2. The van der Waals surface area contributed by atoms with Gasteiger partial charge in [0, 0.05) is 26.2 Å². The molecule has 0 unspecified atom stereocenters. The first kappa shape index (κ1) is 15.9. The lowest BCUT2D eigenvalue weighted by Gasteiger charge is -2.34. The average molecular weight is 329 g/mol. The van der Waals surface area contributed by atoms with Crippen LogP contribution in [0, 0.1) is 11.8 Å². The quantitative estimate of drug-likeness (QED) is 0.664. The number of imide groups is 1. The molecule has 2 amide bonds. The summed E-state index contributed by atoms with van der Waals surface area (Å²) in [6, 6.07) is 0. The van der Waals surface area contributed by atoms with Gasteiger partial charge in [-0.2, -0.15) is 4.31 Å². The van der Waals surface area contributed by atoms with E-state index in [0.29, 0.717) is 32.8 Å². The van der Waals surface area contributed by atoms with Crippen LogP contribution in [0.25, 0.3) is 0 Å². The van der Waals surface area contributed by atoms with Crippen molar-refractivity contribution in [2.45, 2.75) is 25.7 Å². The van der Waals surface area contributed by atoms with Crippen LogP contribution in [0.2, 0.25) is 0 Å². The largest absolute Gasteiger partial charge is 0.283 e. The summed E-state index contributed by atoms with van der Waals surface area (Å²) in [5, 5.41) is 0. The number of likely N-dealkylation sites (tertiary alicyclic amines) is 1. The minimum atomic E-state index is -3.16. The molecule has 22 heavy (non-hydrogen) atoms. The van der Waals surface area contributed by atoms with E-state index in [9.17, 15) is 18.0 Å². The SMILES string of the molecule is CS(=O)(=O)N1CCN(CN2C(=O)[C@@H]3CCCC[C@H]3C2=O)CC1. The zero-order valence-corrected chi connectivity index (χ0v) is 13.7. The first-order chi connectivity index (χ1) is 10.4. The number of piperazine rings is 1. The summed E-state index contributed by atoms with van der Waals surface area (Å²) in [7, 11) is -3.16. The summed E-state index contributed by atoms with van der Waals surface area (Å²) >= 11 is 0. The number of fused-ring (bicyclic) bond motifs is 1. The van der Waals surface area contributed by atoms with Crippen molar-refractivity contribution in [1.29, 1.82) is 0 Å². The van der Waals surface area contributed by atoms with Crippen LogP contribution in [0.1, 0.15) is 25.7 Å². The Morgan fingerprint density at radius 3 is 1.91 bits per heavy atom. The molecule has 2 saturated heterocycles. The van der Waals surface area contributed by atoms with Crippen LogP contribution in [0.15, 0.2) is 0 Å². The van der Waals surface area contributed by atoms with Gasteiger partial charge in [-0.15, -0.1) is 0 Å². The molecule has 0 aromatic carbocycles. The highest BCUT2D eigenvalue weighted by molar-refractivity contribution is 7.88. The van der Waals surface area contributed by atoms with E-state index in [2.05, 4.69) is 0 Å². The van der Waals surface area contributed by atoms with E-state index in [0.717, 1.165) is 25.7 Å². The van der Waals surface area contributed by atoms with Crippen molar-refractivity contribution in [3.05, 3.63) is 0 Å². The fourth-order valence-corrected chi connectivity index (χ4v) is 4.60. The highest BCUT2D eigenvalue weighted by Gasteiger charge is 2.48. The monoisotopic (exact) mass is 329 g/mol. The first-order valence-corrected chi connectivity index (χ1v) is 9.75. The van der Waals surface area contributed by atoms with Crippen LogP contribution >= 0.6 is 0 Å². The Hall–Kier alpha value is -0.990. The number of nitrogens with zero attached hydrogens (tertiary/aromatic N) is 3. The van der Waals surface area contributed by atoms with Gasteiger partial charge >= 0.3 is 0 Å². The fraction of sp³-hybridized carbons (Fsp3) is 0.857. The van der Waals surface area contributed by atoms with Crippen LogP contribution in [0.4, 0.5) is 0 Å². The number of hydrogen-bond acceptors (Lipinski definition) is 5. The van der Waals surface area contributed by atoms with E-state index in [1.165, 1.54) is 15.5 Å². The normalized spacial score (nSPS) is 31.6. The molecule has 7 nitrogen and oxygen atoms in total. The number of carbonyl (C=O) groups is 2. The van der Waals surface area contributed by atoms with E-state index < -0.39 is 10.0 Å². The average Bonchev–Trinajstić information content (AvgIpc) is 2.73. The number of sulfonamides is 1. The minimum Gasteiger partial charge on any atom is -0.283 e. The summed E-state index contributed by atoms with van der Waals surface area (Å²) in [5.41, 5.74) is 0. The Kier molecular flexibility index (Phi) is 4.26. The van der Waals surface area contributed by atoms with E-state index in [1.54, 1.807) is 0 Å². The van der Waals surface area contributed by atoms with Crippen molar-refractivity contribution in [2.24, 2.45) is 11.8 Å². The van der Waals surface area contributed by atoms with Gasteiger partial charge in [-0.3, -0.25) is 19.4 Å². The molecular formula is C14H23N3O4S. The molecule has 1 aliphatic carbocycles. The molecule has 2 heterocycles. The van der Waals surface area contributed by atoms with Crippen LogP contribution in [0.5, 0.6) is 0 Å². The highest BCUT2D eigenvalue weighted by Crippen LogP contribution is 2.38. The molecule has 0 N–H and O–H groups in total. The summed E-state index contributed by atoms with van der Waals surface area (Å²) in [5.74, 6) is -0.280. The van der Waals surface area contributed by atoms with Gasteiger partial charge in [0.05, 0.1) is 24.8 Å². The molecule has 3 rings (SSSR count). The summed E-state index contributed by atoms with van der Waals surface area (Å²) in [6.07, 6.45) is 4.92. The van der Waals surface area contributed by atoms with E-state index in [1.807, 2.05) is 4.90 Å². The Morgan fingerprint density at radius 1 is 0.955 bits per heavy atom. The van der Waals surface area contributed by atoms with Crippen molar-refractivity contribution in [2.75, 3.05) is 39.1 Å². The van der Waals surface area contributed by atoms with Crippen molar-refractivity contribution in [1.82, 2.24) is 14.1 Å². The predicted molar refractivity (Wildman–Crippen MR) is 80.2 cm³/mol. The lowest BCUT2D eigenvalue weighted by Crippen LogP contribution is -2.52. The molecule has 0 aromatic heterocycles. The fourth-order valence-electron chi connectivity index (χ4n) is 3.77. The van der Waals surface area contributed by atoms with Crippen molar-refractivity contribution < 1.29 is 18.0 Å². The maximum Gasteiger partial charge on any atom is 0.234 e. The molecule has 0 bridgehead atoms. The number of carbonyl (C=O) groups excluding carboxylic acids is 2. The van der Waals surface area contributed by atoms with Crippen molar-refractivity contribution >= 4 is 21.8 Å². The van der Waals surface area contributed by atoms with Crippen molar-refractivity contribution in [3.8, 4) is 0 Å². The Balaban J connectivity index is 1.60. The molecule has 1 saturated carbocycles. The molecule has 0 aromatic rings. The molecule has 3 fully saturated rings. The summed E-state index contributed by atoms with van der Waals surface area (Å²) in [4.78, 5) is 28.2. The van der Waals surface area contributed by atoms with E-state index >= 15 is 0 Å². The van der Waals surface area contributed by atoms with Crippen LogP contribution in [-0.2, 0) is 19.6 Å². The molecule has 3 aliphatic rings. The molecular weight excluding hydrogens is 306 g/mol. The molecule has 8 heteroatoms. The summed E-state index contributed by atoms with van der Waals surface area (Å²) < 4.78 is 24.4. The zero-order valence-electron chi connectivity index (χ0n) is 12.9. The third-order valence-corrected chi connectivity index (χ3v) is 6.38. The third kappa shape index (κ3) is 2.91. The van der Waals surface area contributed by atoms with Gasteiger partial charge in [-0.05, 0) is 12.8 Å². The van der Waals surface area contributed by atoms with Gasteiger partial charge in [0.15, 0.2) is 0 Å². The Bertz CT molecular complexity index is 545. The van der Waals surface area contributed by atoms with Crippen molar-refractivity contribution in [3.63, 3.8) is 0 Å². The maximum atomic E-state index is 12.4. The van der Waals surface area contributed by atoms with E-state index in [4.69, 9.17) is 0 Å². The standard InChI is InChI=1S/C14H23N3O4S/c1-22(20,21)16-8-6-15(7-9-16)10-17-13(18)11-4-2-3-5-12(11)14(17)19/h11-12H,2-10H2,1H3/t11-,12-/m1/s1. The van der Waals surface area contributed by atoms with Gasteiger partial charge < -0.3 is 0 Å². The lowest BCUT2D eigenvalue weighted by molar-refractivity contribution is -0.142. The number of rotatable bonds is 3. The van der Waals surface area contributed by atoms with Gasteiger partial charge in [0.1, 0.15) is 0 Å². The topological polar surface area (TPSA) is 78.0 Å². The molecule has 2 atom stereocenters. The van der Waals surface area contributed by atoms with Crippen LogP contribution in [0.3, 0.4) is 0 Å². The second-order valence-corrected chi connectivity index (χ2v) is 8.51. The minimum absolute atomic E-state index is 0.0276. The van der Waals surface area contributed by atoms with Gasteiger partial charge in [0.2, 0.25) is 21.8 Å². The molecule has 0 radical (unpaired) electrons. The van der Waals surface area contributed by atoms with Gasteiger partial charge in [0.25, 0.3) is 0 Å². The second-order valence-electron chi connectivity index (χ2n) is 6.52. The highest BCUT2D eigenvalue weighted by atomic mass is 32.2. The Morgan fingerprint density at radius 2 is 1.45 bits per heavy atom. The third-order valence-electron chi connectivity index (χ3n) is 5.07. The van der Waals surface area contributed by atoms with Gasteiger partial charge in [-0.25, -0.2) is 8.42 Å². The number of hydrogen-bond donors (Lipinski definition) is 0. The Labute approximate surface area is 131 Å². The zero-order chi connectivity index (χ0) is 15.9. The van der Waals surface area contributed by atoms with Crippen LogP contribution < -0.4 is 0 Å². The maximum absolute atomic E-state index is 12.4. The molecule has 124 valence electrons.